The number of amides is 2. The van der Waals surface area contributed by atoms with Gasteiger partial charge in [0.2, 0.25) is 0 Å². The highest BCUT2D eigenvalue weighted by atomic mass is 33.1. The molecule has 0 saturated carbocycles. The third-order valence-corrected chi connectivity index (χ3v) is 4.17. The fourth-order valence-electron chi connectivity index (χ4n) is 1.42. The van der Waals surface area contributed by atoms with Gasteiger partial charge in [0.25, 0.3) is 0 Å². The lowest BCUT2D eigenvalue weighted by atomic mass is 10.1. The van der Waals surface area contributed by atoms with E-state index in [1.54, 1.807) is 0 Å². The summed E-state index contributed by atoms with van der Waals surface area (Å²) in [5.74, 6) is -1.78. The van der Waals surface area contributed by atoms with Crippen molar-refractivity contribution < 1.29 is 9.59 Å². The number of rotatable bonds is 3. The molecule has 0 saturated heterocycles. The number of benzene rings is 2. The Labute approximate surface area is 112 Å². The van der Waals surface area contributed by atoms with Gasteiger partial charge >= 0.3 is 11.8 Å². The van der Waals surface area contributed by atoms with E-state index in [9.17, 15) is 9.59 Å². The molecule has 2 aromatic carbocycles. The first kappa shape index (κ1) is 12.8. The molecule has 0 aliphatic carbocycles. The molecule has 0 aliphatic rings. The molecule has 0 unspecified atom stereocenters. The van der Waals surface area contributed by atoms with Gasteiger partial charge in [-0.25, -0.2) is 0 Å². The molecular formula is C12H10N2O2S2. The second-order valence-electron chi connectivity index (χ2n) is 3.44. The first-order chi connectivity index (χ1) is 8.68. The van der Waals surface area contributed by atoms with Crippen LogP contribution in [0.15, 0.2) is 47.4 Å². The van der Waals surface area contributed by atoms with Crippen LogP contribution >= 0.6 is 21.8 Å². The Morgan fingerprint density at radius 1 is 1.06 bits per heavy atom. The van der Waals surface area contributed by atoms with Crippen LogP contribution in [-0.2, 0) is 9.59 Å². The zero-order chi connectivity index (χ0) is 13.0. The normalized spacial score (nSPS) is 10.2. The van der Waals surface area contributed by atoms with Crippen LogP contribution in [0.5, 0.6) is 0 Å². The van der Waals surface area contributed by atoms with E-state index in [4.69, 9.17) is 5.73 Å². The Morgan fingerprint density at radius 3 is 2.56 bits per heavy atom. The fraction of sp³-hybridized carbons (Fsp3) is 0. The first-order valence-electron chi connectivity index (χ1n) is 5.09. The predicted molar refractivity (Wildman–Crippen MR) is 74.7 cm³/mol. The molecule has 92 valence electrons. The van der Waals surface area contributed by atoms with Crippen LogP contribution in [0.1, 0.15) is 0 Å². The summed E-state index contributed by atoms with van der Waals surface area (Å²) in [6.07, 6.45) is 0. The minimum atomic E-state index is -0.985. The van der Waals surface area contributed by atoms with Gasteiger partial charge < -0.3 is 5.73 Å². The molecule has 2 rings (SSSR count). The maximum atomic E-state index is 11.0. The number of primary amides is 1. The molecule has 0 aliphatic heterocycles. The number of carbonyl (C=O) groups excluding carboxylic acids is 2. The highest BCUT2D eigenvalue weighted by molar-refractivity contribution is 8.76. The van der Waals surface area contributed by atoms with Crippen molar-refractivity contribution in [3.8, 4) is 0 Å². The molecule has 0 aromatic heterocycles. The Balaban J connectivity index is 2.08. The first-order valence-corrected chi connectivity index (χ1v) is 7.24. The number of nitrogens with one attached hydrogen (secondary N) is 1. The van der Waals surface area contributed by atoms with Gasteiger partial charge in [0, 0.05) is 15.9 Å². The molecule has 4 nitrogen and oxygen atoms in total. The lowest BCUT2D eigenvalue weighted by Gasteiger charge is -2.05. The van der Waals surface area contributed by atoms with Crippen molar-refractivity contribution >= 4 is 44.4 Å². The fourth-order valence-corrected chi connectivity index (χ4v) is 3.20. The van der Waals surface area contributed by atoms with E-state index in [0.717, 1.165) is 26.6 Å². The van der Waals surface area contributed by atoms with Gasteiger partial charge in [-0.15, -0.1) is 0 Å². The van der Waals surface area contributed by atoms with Crippen molar-refractivity contribution in [2.45, 2.75) is 4.90 Å². The van der Waals surface area contributed by atoms with Crippen molar-refractivity contribution in [3.05, 3.63) is 42.5 Å². The van der Waals surface area contributed by atoms with Crippen LogP contribution < -0.4 is 10.5 Å². The van der Waals surface area contributed by atoms with Gasteiger partial charge in [0.1, 0.15) is 0 Å². The summed E-state index contributed by atoms with van der Waals surface area (Å²) in [5, 5.41) is 2.23. The highest BCUT2D eigenvalue weighted by Crippen LogP contribution is 2.34. The van der Waals surface area contributed by atoms with E-state index in [1.165, 1.54) is 10.8 Å². The highest BCUT2D eigenvalue weighted by Gasteiger charge is 2.08. The molecule has 0 spiro atoms. The summed E-state index contributed by atoms with van der Waals surface area (Å²) in [7, 11) is 2.45. The average molecular weight is 278 g/mol. The standard InChI is InChI=1S/C12H10N2O2S2/c13-11(15)12(16)14-18-17-10-7-3-5-8-4-1-2-6-9(8)10/h1-7H,(H2,13,15)(H,14,16). The molecule has 2 aromatic rings. The minimum absolute atomic E-state index is 0.798. The second kappa shape index (κ2) is 5.79. The third-order valence-electron chi connectivity index (χ3n) is 2.24. The van der Waals surface area contributed by atoms with E-state index >= 15 is 0 Å². The van der Waals surface area contributed by atoms with Crippen molar-refractivity contribution in [1.29, 1.82) is 0 Å². The van der Waals surface area contributed by atoms with Crippen molar-refractivity contribution in [2.75, 3.05) is 0 Å². The molecule has 0 radical (unpaired) electrons. The Kier molecular flexibility index (Phi) is 4.11. The summed E-state index contributed by atoms with van der Waals surface area (Å²) >= 11 is 0. The van der Waals surface area contributed by atoms with Gasteiger partial charge in [-0.1, -0.05) is 36.4 Å². The molecule has 0 fully saturated rings. The predicted octanol–water partition coefficient (Wildman–Crippen LogP) is 2.10. The monoisotopic (exact) mass is 278 g/mol. The van der Waals surface area contributed by atoms with Crippen LogP contribution in [0, 0.1) is 0 Å². The van der Waals surface area contributed by atoms with Crippen LogP contribution in [0.4, 0.5) is 0 Å². The SMILES string of the molecule is NC(=O)C(=O)NSSc1cccc2ccccc12. The minimum Gasteiger partial charge on any atom is -0.361 e. The Hall–Kier alpha value is -1.66. The van der Waals surface area contributed by atoms with Gasteiger partial charge in [-0.3, -0.25) is 14.3 Å². The van der Waals surface area contributed by atoms with E-state index < -0.39 is 11.8 Å². The zero-order valence-electron chi connectivity index (χ0n) is 9.25. The summed E-state index contributed by atoms with van der Waals surface area (Å²) in [5.41, 5.74) is 4.83. The summed E-state index contributed by atoms with van der Waals surface area (Å²) < 4.78 is 2.36. The molecular weight excluding hydrogens is 268 g/mol. The maximum Gasteiger partial charge on any atom is 0.319 e. The van der Waals surface area contributed by atoms with Gasteiger partial charge in [0.05, 0.1) is 0 Å². The number of fused-ring (bicyclic) bond motifs is 1. The topological polar surface area (TPSA) is 72.2 Å². The number of carbonyl (C=O) groups is 2. The van der Waals surface area contributed by atoms with Gasteiger partial charge in [0.15, 0.2) is 0 Å². The Bertz CT molecular complexity index is 596. The van der Waals surface area contributed by atoms with Gasteiger partial charge in [-0.05, 0) is 27.6 Å². The number of hydrogen-bond donors (Lipinski definition) is 2. The van der Waals surface area contributed by atoms with Crippen LogP contribution in [-0.4, -0.2) is 11.8 Å². The van der Waals surface area contributed by atoms with Crippen LogP contribution in [0.3, 0.4) is 0 Å². The summed E-state index contributed by atoms with van der Waals surface area (Å²) in [4.78, 5) is 22.5. The smallest absolute Gasteiger partial charge is 0.319 e. The summed E-state index contributed by atoms with van der Waals surface area (Å²) in [6.45, 7) is 0. The van der Waals surface area contributed by atoms with Crippen molar-refractivity contribution in [2.24, 2.45) is 5.73 Å². The molecule has 0 atom stereocenters. The molecule has 0 heterocycles. The largest absolute Gasteiger partial charge is 0.361 e. The second-order valence-corrected chi connectivity index (χ2v) is 5.42. The lowest BCUT2D eigenvalue weighted by molar-refractivity contribution is -0.136. The lowest BCUT2D eigenvalue weighted by Crippen LogP contribution is -2.31. The average Bonchev–Trinajstić information content (AvgIpc) is 2.38. The number of nitrogens with two attached hydrogens (primary N) is 1. The van der Waals surface area contributed by atoms with Crippen molar-refractivity contribution in [3.63, 3.8) is 0 Å². The van der Waals surface area contributed by atoms with Gasteiger partial charge in [-0.2, -0.15) is 0 Å². The molecule has 18 heavy (non-hydrogen) atoms. The summed E-state index contributed by atoms with van der Waals surface area (Å²) in [6, 6.07) is 13.9. The molecule has 2 amide bonds. The third kappa shape index (κ3) is 2.96. The van der Waals surface area contributed by atoms with E-state index in [0.29, 0.717) is 0 Å². The van der Waals surface area contributed by atoms with Crippen LogP contribution in [0.25, 0.3) is 10.8 Å². The maximum absolute atomic E-state index is 11.0. The molecule has 3 N–H and O–H groups in total. The number of hydrogen-bond acceptors (Lipinski definition) is 4. The molecule has 6 heteroatoms. The molecule has 0 bridgehead atoms. The quantitative estimate of drug-likeness (QED) is 0.512. The van der Waals surface area contributed by atoms with Crippen molar-refractivity contribution in [1.82, 2.24) is 4.72 Å². The van der Waals surface area contributed by atoms with E-state index in [2.05, 4.69) is 4.72 Å². The van der Waals surface area contributed by atoms with E-state index in [-0.39, 0.29) is 0 Å². The van der Waals surface area contributed by atoms with E-state index in [1.807, 2.05) is 42.5 Å². The Morgan fingerprint density at radius 2 is 1.78 bits per heavy atom. The van der Waals surface area contributed by atoms with Crippen LogP contribution in [0.2, 0.25) is 0 Å². The zero-order valence-corrected chi connectivity index (χ0v) is 10.9.